The number of carbonyl (C=O) groups is 2. The topological polar surface area (TPSA) is 66.4 Å². The molecule has 152 valence electrons. The van der Waals surface area contributed by atoms with E-state index in [4.69, 9.17) is 0 Å². The highest BCUT2D eigenvalue weighted by Gasteiger charge is 2.41. The molecule has 0 unspecified atom stereocenters. The van der Waals surface area contributed by atoms with Gasteiger partial charge in [0.25, 0.3) is 5.91 Å². The number of rotatable bonds is 4. The Morgan fingerprint density at radius 3 is 2.59 bits per heavy atom. The van der Waals surface area contributed by atoms with Gasteiger partial charge in [-0.15, -0.1) is 0 Å². The predicted octanol–water partition coefficient (Wildman–Crippen LogP) is 2.87. The Bertz CT molecular complexity index is 875. The van der Waals surface area contributed by atoms with Crippen LogP contribution in [0.2, 0.25) is 0 Å². The number of nitrogens with zero attached hydrogens (tertiary/aromatic N) is 4. The first kappa shape index (κ1) is 19.6. The zero-order chi connectivity index (χ0) is 20.3. The molecule has 0 bridgehead atoms. The molecule has 0 radical (unpaired) electrons. The normalized spacial score (nSPS) is 18.9. The number of hydrogen-bond donors (Lipinski definition) is 0. The van der Waals surface area contributed by atoms with Gasteiger partial charge in [0.15, 0.2) is 0 Å². The monoisotopic (exact) mass is 392 g/mol. The van der Waals surface area contributed by atoms with Gasteiger partial charge in [-0.25, -0.2) is 4.98 Å². The summed E-state index contributed by atoms with van der Waals surface area (Å²) in [4.78, 5) is 37.7. The van der Waals surface area contributed by atoms with Gasteiger partial charge in [0.1, 0.15) is 5.69 Å². The molecule has 29 heavy (non-hydrogen) atoms. The summed E-state index contributed by atoms with van der Waals surface area (Å²) < 4.78 is 0. The lowest BCUT2D eigenvalue weighted by Gasteiger charge is -2.47. The van der Waals surface area contributed by atoms with Crippen LogP contribution in [0, 0.1) is 12.3 Å². The SMILES string of the molecule is Cc1cccc(C(=O)N2CCC3(CCC(=O)N(CCc4ccncc4)C3)CC2)n1. The minimum Gasteiger partial charge on any atom is -0.342 e. The Morgan fingerprint density at radius 2 is 1.86 bits per heavy atom. The van der Waals surface area contributed by atoms with Crippen molar-refractivity contribution >= 4 is 11.8 Å². The van der Waals surface area contributed by atoms with Crippen LogP contribution >= 0.6 is 0 Å². The summed E-state index contributed by atoms with van der Waals surface area (Å²) in [6, 6.07) is 9.59. The van der Waals surface area contributed by atoms with Gasteiger partial charge in [0, 0.05) is 50.7 Å². The number of aryl methyl sites for hydroxylation is 1. The molecule has 2 fully saturated rings. The molecule has 2 saturated heterocycles. The number of piperidine rings is 2. The van der Waals surface area contributed by atoms with Crippen molar-refractivity contribution in [2.75, 3.05) is 26.2 Å². The second kappa shape index (κ2) is 8.31. The Labute approximate surface area is 172 Å². The lowest BCUT2D eigenvalue weighted by atomic mass is 9.72. The van der Waals surface area contributed by atoms with Crippen molar-refractivity contribution in [1.29, 1.82) is 0 Å². The minimum absolute atomic E-state index is 0.0185. The fraction of sp³-hybridized carbons (Fsp3) is 0.478. The Balaban J connectivity index is 1.36. The summed E-state index contributed by atoms with van der Waals surface area (Å²) in [5.74, 6) is 0.275. The molecule has 4 rings (SSSR count). The molecule has 2 aromatic rings. The third kappa shape index (κ3) is 4.47. The van der Waals surface area contributed by atoms with Gasteiger partial charge in [-0.05, 0) is 67.9 Å². The average Bonchev–Trinajstić information content (AvgIpc) is 2.75. The smallest absolute Gasteiger partial charge is 0.272 e. The summed E-state index contributed by atoms with van der Waals surface area (Å²) in [6.07, 6.45) is 7.89. The first-order chi connectivity index (χ1) is 14.0. The van der Waals surface area contributed by atoms with Crippen LogP contribution in [-0.4, -0.2) is 57.8 Å². The van der Waals surface area contributed by atoms with Crippen molar-refractivity contribution in [2.45, 2.75) is 39.0 Å². The standard InChI is InChI=1S/C23H28N4O2/c1-18-3-2-4-20(25-18)22(29)26-15-10-23(11-16-26)9-5-21(28)27(17-23)14-8-19-6-12-24-13-7-19/h2-4,6-7,12-13H,5,8-11,14-17H2,1H3. The van der Waals surface area contributed by atoms with Crippen LogP contribution in [0.4, 0.5) is 0 Å². The molecule has 6 heteroatoms. The summed E-state index contributed by atoms with van der Waals surface area (Å²) >= 11 is 0. The molecule has 0 aliphatic carbocycles. The minimum atomic E-state index is 0.0185. The van der Waals surface area contributed by atoms with E-state index in [9.17, 15) is 9.59 Å². The molecule has 0 N–H and O–H groups in total. The molecular weight excluding hydrogens is 364 g/mol. The van der Waals surface area contributed by atoms with Gasteiger partial charge in [-0.2, -0.15) is 0 Å². The van der Waals surface area contributed by atoms with E-state index in [-0.39, 0.29) is 17.2 Å². The number of likely N-dealkylation sites (tertiary alicyclic amines) is 2. The number of amides is 2. The van der Waals surface area contributed by atoms with Crippen LogP contribution in [0.3, 0.4) is 0 Å². The van der Waals surface area contributed by atoms with Crippen molar-refractivity contribution in [3.05, 3.63) is 59.7 Å². The molecule has 2 amide bonds. The first-order valence-electron chi connectivity index (χ1n) is 10.4. The second-order valence-corrected chi connectivity index (χ2v) is 8.38. The maximum absolute atomic E-state index is 12.8. The van der Waals surface area contributed by atoms with Gasteiger partial charge in [-0.3, -0.25) is 14.6 Å². The van der Waals surface area contributed by atoms with Gasteiger partial charge >= 0.3 is 0 Å². The Kier molecular flexibility index (Phi) is 5.60. The van der Waals surface area contributed by atoms with Crippen LogP contribution in [0.1, 0.15) is 47.4 Å². The predicted molar refractivity (Wildman–Crippen MR) is 110 cm³/mol. The van der Waals surface area contributed by atoms with E-state index in [0.29, 0.717) is 12.1 Å². The molecule has 1 spiro atoms. The van der Waals surface area contributed by atoms with E-state index < -0.39 is 0 Å². The summed E-state index contributed by atoms with van der Waals surface area (Å²) in [6.45, 7) is 4.94. The molecule has 4 heterocycles. The fourth-order valence-corrected chi connectivity index (χ4v) is 4.54. The van der Waals surface area contributed by atoms with Crippen LogP contribution in [0.25, 0.3) is 0 Å². The lowest BCUT2D eigenvalue weighted by molar-refractivity contribution is -0.138. The Hall–Kier alpha value is -2.76. The third-order valence-corrected chi connectivity index (χ3v) is 6.39. The number of carbonyl (C=O) groups excluding carboxylic acids is 2. The highest BCUT2D eigenvalue weighted by molar-refractivity contribution is 5.92. The lowest BCUT2D eigenvalue weighted by Crippen LogP contribution is -2.52. The number of hydrogen-bond acceptors (Lipinski definition) is 4. The summed E-state index contributed by atoms with van der Waals surface area (Å²) in [5.41, 5.74) is 2.74. The summed E-state index contributed by atoms with van der Waals surface area (Å²) in [5, 5.41) is 0. The van der Waals surface area contributed by atoms with E-state index >= 15 is 0 Å². The zero-order valence-electron chi connectivity index (χ0n) is 17.0. The molecular formula is C23H28N4O2. The molecule has 0 atom stereocenters. The van der Waals surface area contributed by atoms with Crippen LogP contribution in [-0.2, 0) is 11.2 Å². The summed E-state index contributed by atoms with van der Waals surface area (Å²) in [7, 11) is 0. The van der Waals surface area contributed by atoms with E-state index in [0.717, 1.165) is 57.6 Å². The average molecular weight is 393 g/mol. The van der Waals surface area contributed by atoms with E-state index in [2.05, 4.69) is 9.97 Å². The van der Waals surface area contributed by atoms with E-state index in [1.54, 1.807) is 18.5 Å². The molecule has 6 nitrogen and oxygen atoms in total. The van der Waals surface area contributed by atoms with Gasteiger partial charge in [0.05, 0.1) is 0 Å². The molecule has 0 saturated carbocycles. The van der Waals surface area contributed by atoms with Crippen LogP contribution in [0.15, 0.2) is 42.7 Å². The molecule has 2 aliphatic rings. The third-order valence-electron chi connectivity index (χ3n) is 6.39. The van der Waals surface area contributed by atoms with Gasteiger partial charge in [-0.1, -0.05) is 6.07 Å². The number of pyridine rings is 2. The number of aromatic nitrogens is 2. The zero-order valence-corrected chi connectivity index (χ0v) is 17.0. The van der Waals surface area contributed by atoms with Gasteiger partial charge < -0.3 is 9.80 Å². The van der Waals surface area contributed by atoms with Crippen molar-refractivity contribution < 1.29 is 9.59 Å². The van der Waals surface area contributed by atoms with E-state index in [1.165, 1.54) is 5.56 Å². The second-order valence-electron chi connectivity index (χ2n) is 8.38. The fourth-order valence-electron chi connectivity index (χ4n) is 4.54. The Morgan fingerprint density at radius 1 is 1.10 bits per heavy atom. The van der Waals surface area contributed by atoms with E-state index in [1.807, 2.05) is 41.0 Å². The quantitative estimate of drug-likeness (QED) is 0.802. The van der Waals surface area contributed by atoms with Gasteiger partial charge in [0.2, 0.25) is 5.91 Å². The maximum atomic E-state index is 12.8. The molecule has 2 aromatic heterocycles. The first-order valence-corrected chi connectivity index (χ1v) is 10.4. The van der Waals surface area contributed by atoms with Crippen molar-refractivity contribution in [3.63, 3.8) is 0 Å². The van der Waals surface area contributed by atoms with Crippen molar-refractivity contribution in [3.8, 4) is 0 Å². The van der Waals surface area contributed by atoms with Crippen LogP contribution < -0.4 is 0 Å². The van der Waals surface area contributed by atoms with Crippen molar-refractivity contribution in [2.24, 2.45) is 5.41 Å². The molecule has 0 aromatic carbocycles. The highest BCUT2D eigenvalue weighted by atomic mass is 16.2. The van der Waals surface area contributed by atoms with Crippen molar-refractivity contribution in [1.82, 2.24) is 19.8 Å². The van der Waals surface area contributed by atoms with Crippen LogP contribution in [0.5, 0.6) is 0 Å². The largest absolute Gasteiger partial charge is 0.342 e. The molecule has 2 aliphatic heterocycles. The highest BCUT2D eigenvalue weighted by Crippen LogP contribution is 2.40. The maximum Gasteiger partial charge on any atom is 0.272 e.